The number of unbranched alkanes of at least 4 members (excludes halogenated alkanes) is 1. The van der Waals surface area contributed by atoms with Crippen molar-refractivity contribution in [2.45, 2.75) is 52.1 Å². The van der Waals surface area contributed by atoms with Crippen LogP contribution in [-0.2, 0) is 19.9 Å². The smallest absolute Gasteiger partial charge is 0.0850 e. The molecule has 0 aliphatic rings. The highest BCUT2D eigenvalue weighted by Gasteiger charge is 2.16. The van der Waals surface area contributed by atoms with Crippen LogP contribution in [0, 0.1) is 0 Å². The van der Waals surface area contributed by atoms with Gasteiger partial charge in [0.2, 0.25) is 0 Å². The standard InChI is InChI=1S/C12H21ClN2O/c1-4-6-7-9(16)8-11-12(13)10(5-2)14-15(11)3/h9,16H,4-8H2,1-3H3. The lowest BCUT2D eigenvalue weighted by atomic mass is 10.1. The van der Waals surface area contributed by atoms with Crippen molar-refractivity contribution in [3.05, 3.63) is 16.4 Å². The number of rotatable bonds is 6. The van der Waals surface area contributed by atoms with E-state index >= 15 is 0 Å². The van der Waals surface area contributed by atoms with Gasteiger partial charge in [-0.1, -0.05) is 38.3 Å². The number of aliphatic hydroxyl groups excluding tert-OH is 1. The zero-order valence-electron chi connectivity index (χ0n) is 10.3. The number of aliphatic hydroxyl groups is 1. The first kappa shape index (κ1) is 13.5. The van der Waals surface area contributed by atoms with Gasteiger partial charge in [-0.05, 0) is 12.8 Å². The van der Waals surface area contributed by atoms with Crippen molar-refractivity contribution in [3.63, 3.8) is 0 Å². The van der Waals surface area contributed by atoms with Gasteiger partial charge in [0.15, 0.2) is 0 Å². The zero-order valence-corrected chi connectivity index (χ0v) is 11.1. The molecule has 0 aliphatic carbocycles. The molecule has 0 saturated heterocycles. The molecular weight excluding hydrogens is 224 g/mol. The third-order valence-electron chi connectivity index (χ3n) is 2.82. The molecule has 1 aromatic heterocycles. The molecule has 1 aromatic rings. The Hall–Kier alpha value is -0.540. The second kappa shape index (κ2) is 6.26. The third kappa shape index (κ3) is 3.22. The second-order valence-electron chi connectivity index (χ2n) is 4.18. The van der Waals surface area contributed by atoms with Crippen LogP contribution in [0.5, 0.6) is 0 Å². The van der Waals surface area contributed by atoms with Crippen LogP contribution in [0.25, 0.3) is 0 Å². The van der Waals surface area contributed by atoms with E-state index in [4.69, 9.17) is 11.6 Å². The van der Waals surface area contributed by atoms with Crippen molar-refractivity contribution in [1.82, 2.24) is 9.78 Å². The van der Waals surface area contributed by atoms with Crippen LogP contribution in [0.3, 0.4) is 0 Å². The van der Waals surface area contributed by atoms with Gasteiger partial charge >= 0.3 is 0 Å². The van der Waals surface area contributed by atoms with Crippen molar-refractivity contribution in [2.24, 2.45) is 7.05 Å². The lowest BCUT2D eigenvalue weighted by Gasteiger charge is -2.10. The fourth-order valence-corrected chi connectivity index (χ4v) is 2.18. The third-order valence-corrected chi connectivity index (χ3v) is 3.26. The molecule has 0 radical (unpaired) electrons. The molecule has 1 heterocycles. The Morgan fingerprint density at radius 3 is 2.62 bits per heavy atom. The van der Waals surface area contributed by atoms with Crippen LogP contribution in [-0.4, -0.2) is 21.0 Å². The van der Waals surface area contributed by atoms with E-state index in [-0.39, 0.29) is 6.10 Å². The van der Waals surface area contributed by atoms with Gasteiger partial charge in [0.05, 0.1) is 22.5 Å². The number of hydrogen-bond acceptors (Lipinski definition) is 2. The van der Waals surface area contributed by atoms with Gasteiger partial charge in [0.1, 0.15) is 0 Å². The molecule has 3 nitrogen and oxygen atoms in total. The minimum Gasteiger partial charge on any atom is -0.393 e. The van der Waals surface area contributed by atoms with Crippen molar-refractivity contribution < 1.29 is 5.11 Å². The van der Waals surface area contributed by atoms with Gasteiger partial charge in [-0.25, -0.2) is 0 Å². The van der Waals surface area contributed by atoms with Crippen molar-refractivity contribution in [2.75, 3.05) is 0 Å². The minimum absolute atomic E-state index is 0.308. The van der Waals surface area contributed by atoms with Crippen LogP contribution in [0.1, 0.15) is 44.5 Å². The molecule has 0 spiro atoms. The second-order valence-corrected chi connectivity index (χ2v) is 4.56. The summed E-state index contributed by atoms with van der Waals surface area (Å²) in [6.07, 6.45) is 4.12. The van der Waals surface area contributed by atoms with E-state index in [1.54, 1.807) is 4.68 Å². The maximum absolute atomic E-state index is 9.86. The summed E-state index contributed by atoms with van der Waals surface area (Å²) in [6, 6.07) is 0. The monoisotopic (exact) mass is 244 g/mol. The molecule has 0 aromatic carbocycles. The summed E-state index contributed by atoms with van der Waals surface area (Å²) in [4.78, 5) is 0. The highest BCUT2D eigenvalue weighted by atomic mass is 35.5. The predicted octanol–water partition coefficient (Wildman–Crippen LogP) is 2.73. The maximum Gasteiger partial charge on any atom is 0.0850 e. The molecule has 0 fully saturated rings. The van der Waals surface area contributed by atoms with Gasteiger partial charge in [-0.2, -0.15) is 5.10 Å². The highest BCUT2D eigenvalue weighted by molar-refractivity contribution is 6.31. The average Bonchev–Trinajstić information content (AvgIpc) is 2.53. The summed E-state index contributed by atoms with van der Waals surface area (Å²) in [5, 5.41) is 14.9. The Bertz CT molecular complexity index is 336. The summed E-state index contributed by atoms with van der Waals surface area (Å²) in [5.74, 6) is 0. The van der Waals surface area contributed by atoms with Crippen LogP contribution in [0.2, 0.25) is 5.02 Å². The summed E-state index contributed by atoms with van der Waals surface area (Å²) < 4.78 is 1.79. The van der Waals surface area contributed by atoms with E-state index in [0.717, 1.165) is 42.1 Å². The molecule has 16 heavy (non-hydrogen) atoms. The van der Waals surface area contributed by atoms with E-state index in [1.807, 2.05) is 14.0 Å². The fraction of sp³-hybridized carbons (Fsp3) is 0.750. The van der Waals surface area contributed by atoms with Crippen LogP contribution < -0.4 is 0 Å². The minimum atomic E-state index is -0.308. The first-order valence-corrected chi connectivity index (χ1v) is 6.36. The Balaban J connectivity index is 2.69. The fourth-order valence-electron chi connectivity index (χ4n) is 1.81. The van der Waals surface area contributed by atoms with Crippen molar-refractivity contribution in [1.29, 1.82) is 0 Å². The normalized spacial score (nSPS) is 13.1. The molecule has 0 amide bonds. The maximum atomic E-state index is 9.86. The molecule has 0 saturated carbocycles. The Morgan fingerprint density at radius 1 is 1.44 bits per heavy atom. The molecule has 1 rings (SSSR count). The van der Waals surface area contributed by atoms with E-state index in [0.29, 0.717) is 6.42 Å². The summed E-state index contributed by atoms with van der Waals surface area (Å²) in [6.45, 7) is 4.16. The Morgan fingerprint density at radius 2 is 2.12 bits per heavy atom. The largest absolute Gasteiger partial charge is 0.393 e. The van der Waals surface area contributed by atoms with Crippen molar-refractivity contribution >= 4 is 11.6 Å². The van der Waals surface area contributed by atoms with E-state index in [1.165, 1.54) is 0 Å². The molecule has 92 valence electrons. The number of nitrogens with zero attached hydrogens (tertiary/aromatic N) is 2. The molecular formula is C12H21ClN2O. The number of halogens is 1. The van der Waals surface area contributed by atoms with E-state index in [9.17, 15) is 5.11 Å². The quantitative estimate of drug-likeness (QED) is 0.836. The van der Waals surface area contributed by atoms with Crippen molar-refractivity contribution in [3.8, 4) is 0 Å². The van der Waals surface area contributed by atoms with Gasteiger partial charge in [0, 0.05) is 13.5 Å². The first-order chi connectivity index (χ1) is 7.60. The SMILES string of the molecule is CCCCC(O)Cc1c(Cl)c(CC)nn1C. The molecule has 0 bridgehead atoms. The summed E-state index contributed by atoms with van der Waals surface area (Å²) in [7, 11) is 1.88. The number of hydrogen-bond donors (Lipinski definition) is 1. The van der Waals surface area contributed by atoms with Gasteiger partial charge in [-0.3, -0.25) is 4.68 Å². The predicted molar refractivity (Wildman–Crippen MR) is 66.8 cm³/mol. The highest BCUT2D eigenvalue weighted by Crippen LogP contribution is 2.22. The molecule has 1 unspecified atom stereocenters. The van der Waals surface area contributed by atoms with Crippen LogP contribution in [0.4, 0.5) is 0 Å². The summed E-state index contributed by atoms with van der Waals surface area (Å²) in [5.41, 5.74) is 1.86. The van der Waals surface area contributed by atoms with Crippen LogP contribution in [0.15, 0.2) is 0 Å². The van der Waals surface area contributed by atoms with Gasteiger partial charge < -0.3 is 5.11 Å². The summed E-state index contributed by atoms with van der Waals surface area (Å²) >= 11 is 6.21. The first-order valence-electron chi connectivity index (χ1n) is 5.98. The number of aromatic nitrogens is 2. The van der Waals surface area contributed by atoms with Crippen LogP contribution >= 0.6 is 11.6 Å². The topological polar surface area (TPSA) is 38.1 Å². The molecule has 0 aliphatic heterocycles. The Labute approximate surface area is 102 Å². The average molecular weight is 245 g/mol. The molecule has 1 N–H and O–H groups in total. The van der Waals surface area contributed by atoms with E-state index in [2.05, 4.69) is 12.0 Å². The van der Waals surface area contributed by atoms with E-state index < -0.39 is 0 Å². The van der Waals surface area contributed by atoms with Gasteiger partial charge in [-0.15, -0.1) is 0 Å². The Kier molecular flexibility index (Phi) is 5.29. The molecule has 1 atom stereocenters. The number of aryl methyl sites for hydroxylation is 2. The van der Waals surface area contributed by atoms with Gasteiger partial charge in [0.25, 0.3) is 0 Å². The lowest BCUT2D eigenvalue weighted by molar-refractivity contribution is 0.159. The molecule has 4 heteroatoms. The lowest BCUT2D eigenvalue weighted by Crippen LogP contribution is -2.13. The zero-order chi connectivity index (χ0) is 12.1.